The highest BCUT2D eigenvalue weighted by molar-refractivity contribution is 8.00. The SMILES string of the molecule is O=C(CSc1ccccc1NS(=O)(=O)c1cc(Cl)ccc1Cl)Nc1ccc(Cl)cc1Cl. The number of para-hydroxylation sites is 1. The average Bonchev–Trinajstić information content (AvgIpc) is 2.71. The molecule has 11 heteroatoms. The second-order valence-corrected chi connectivity index (χ2v) is 10.5. The molecule has 2 N–H and O–H groups in total. The van der Waals surface area contributed by atoms with E-state index < -0.39 is 10.0 Å². The van der Waals surface area contributed by atoms with Crippen molar-refractivity contribution in [2.75, 3.05) is 15.8 Å². The summed E-state index contributed by atoms with van der Waals surface area (Å²) in [4.78, 5) is 12.7. The third-order valence-electron chi connectivity index (χ3n) is 3.88. The molecule has 0 aliphatic heterocycles. The first-order valence-corrected chi connectivity index (χ1v) is 12.6. The minimum Gasteiger partial charge on any atom is -0.324 e. The molecule has 0 saturated carbocycles. The van der Waals surface area contributed by atoms with E-state index in [1.54, 1.807) is 36.4 Å². The minimum absolute atomic E-state index is 0.0234. The van der Waals surface area contributed by atoms with Crippen LogP contribution in [0.2, 0.25) is 20.1 Å². The van der Waals surface area contributed by atoms with Crippen LogP contribution in [0.15, 0.2) is 70.5 Å². The van der Waals surface area contributed by atoms with Gasteiger partial charge in [-0.3, -0.25) is 9.52 Å². The lowest BCUT2D eigenvalue weighted by Gasteiger charge is -2.13. The fraction of sp³-hybridized carbons (Fsp3) is 0.0500. The van der Waals surface area contributed by atoms with Crippen molar-refractivity contribution in [1.82, 2.24) is 0 Å². The predicted octanol–water partition coefficient (Wildman–Crippen LogP) is 6.83. The maximum atomic E-state index is 12.8. The van der Waals surface area contributed by atoms with E-state index >= 15 is 0 Å². The Hall–Kier alpha value is -1.61. The molecule has 0 unspecified atom stereocenters. The average molecular weight is 536 g/mol. The van der Waals surface area contributed by atoms with Crippen molar-refractivity contribution in [2.45, 2.75) is 9.79 Å². The summed E-state index contributed by atoms with van der Waals surface area (Å²) in [5.41, 5.74) is 0.738. The summed E-state index contributed by atoms with van der Waals surface area (Å²) in [6.07, 6.45) is 0. The van der Waals surface area contributed by atoms with Crippen molar-refractivity contribution in [2.24, 2.45) is 0 Å². The Morgan fingerprint density at radius 1 is 0.839 bits per heavy atom. The van der Waals surface area contributed by atoms with Crippen LogP contribution in [-0.2, 0) is 14.8 Å². The Morgan fingerprint density at radius 3 is 2.26 bits per heavy atom. The maximum Gasteiger partial charge on any atom is 0.263 e. The molecular formula is C20H14Cl4N2O3S2. The first kappa shape index (κ1) is 24.0. The van der Waals surface area contributed by atoms with Gasteiger partial charge in [0.05, 0.1) is 27.2 Å². The van der Waals surface area contributed by atoms with Gasteiger partial charge >= 0.3 is 0 Å². The molecule has 0 aliphatic rings. The van der Waals surface area contributed by atoms with Gasteiger partial charge in [0.15, 0.2) is 0 Å². The highest BCUT2D eigenvalue weighted by Crippen LogP contribution is 2.32. The standard InChI is InChI=1S/C20H14Cl4N2O3S2/c21-12-6-8-16(15(24)9-12)25-20(27)11-30-18-4-2-1-3-17(18)26-31(28,29)19-10-13(22)5-7-14(19)23/h1-10,26H,11H2,(H,25,27). The summed E-state index contributed by atoms with van der Waals surface area (Å²) in [7, 11) is -4.00. The van der Waals surface area contributed by atoms with E-state index in [-0.39, 0.29) is 26.6 Å². The Bertz CT molecular complexity index is 1240. The molecule has 5 nitrogen and oxygen atoms in total. The van der Waals surface area contributed by atoms with Gasteiger partial charge in [0.1, 0.15) is 4.90 Å². The number of hydrogen-bond donors (Lipinski definition) is 2. The molecule has 0 aliphatic carbocycles. The number of amides is 1. The lowest BCUT2D eigenvalue weighted by Crippen LogP contribution is -2.16. The number of thioether (sulfide) groups is 1. The third-order valence-corrected chi connectivity index (χ3v) is 7.58. The quantitative estimate of drug-likeness (QED) is 0.325. The van der Waals surface area contributed by atoms with E-state index in [0.29, 0.717) is 26.3 Å². The Kier molecular flexibility index (Phi) is 8.02. The molecule has 31 heavy (non-hydrogen) atoms. The van der Waals surface area contributed by atoms with Crippen LogP contribution in [0.4, 0.5) is 11.4 Å². The number of carbonyl (C=O) groups excluding carboxylic acids is 1. The zero-order valence-electron chi connectivity index (χ0n) is 15.5. The fourth-order valence-corrected chi connectivity index (χ4v) is 5.65. The van der Waals surface area contributed by atoms with Crippen LogP contribution in [0.25, 0.3) is 0 Å². The van der Waals surface area contributed by atoms with E-state index in [1.807, 2.05) is 0 Å². The summed E-state index contributed by atoms with van der Waals surface area (Å²) in [6, 6.07) is 15.6. The fourth-order valence-electron chi connectivity index (χ4n) is 2.48. The van der Waals surface area contributed by atoms with Crippen molar-refractivity contribution in [3.8, 4) is 0 Å². The van der Waals surface area contributed by atoms with Crippen LogP contribution >= 0.6 is 58.2 Å². The molecule has 0 bridgehead atoms. The zero-order chi connectivity index (χ0) is 22.6. The van der Waals surface area contributed by atoms with Gasteiger partial charge in [-0.2, -0.15) is 0 Å². The van der Waals surface area contributed by atoms with Gasteiger partial charge < -0.3 is 5.32 Å². The number of benzene rings is 3. The normalized spacial score (nSPS) is 11.2. The number of sulfonamides is 1. The molecule has 0 saturated heterocycles. The highest BCUT2D eigenvalue weighted by Gasteiger charge is 2.20. The van der Waals surface area contributed by atoms with Gasteiger partial charge in [-0.1, -0.05) is 58.5 Å². The monoisotopic (exact) mass is 534 g/mol. The number of nitrogens with one attached hydrogen (secondary N) is 2. The van der Waals surface area contributed by atoms with E-state index in [9.17, 15) is 13.2 Å². The molecule has 0 spiro atoms. The summed E-state index contributed by atoms with van der Waals surface area (Å²) < 4.78 is 28.1. The third kappa shape index (κ3) is 6.44. The van der Waals surface area contributed by atoms with Crippen LogP contribution < -0.4 is 10.0 Å². The van der Waals surface area contributed by atoms with Crippen LogP contribution in [-0.4, -0.2) is 20.1 Å². The number of rotatable bonds is 7. The molecule has 162 valence electrons. The zero-order valence-corrected chi connectivity index (χ0v) is 20.2. The Morgan fingerprint density at radius 2 is 1.52 bits per heavy atom. The minimum atomic E-state index is -4.00. The Balaban J connectivity index is 1.73. The Labute approximate surface area is 204 Å². The van der Waals surface area contributed by atoms with Crippen molar-refractivity contribution in [1.29, 1.82) is 0 Å². The van der Waals surface area contributed by atoms with E-state index in [4.69, 9.17) is 46.4 Å². The van der Waals surface area contributed by atoms with E-state index in [2.05, 4.69) is 10.0 Å². The number of anilines is 2. The lowest BCUT2D eigenvalue weighted by atomic mass is 10.3. The van der Waals surface area contributed by atoms with Crippen LogP contribution in [0.3, 0.4) is 0 Å². The summed E-state index contributed by atoms with van der Waals surface area (Å²) in [5, 5.41) is 3.75. The molecule has 0 fully saturated rings. The van der Waals surface area contributed by atoms with Crippen LogP contribution in [0, 0.1) is 0 Å². The number of carbonyl (C=O) groups is 1. The van der Waals surface area contributed by atoms with Crippen LogP contribution in [0.1, 0.15) is 0 Å². The van der Waals surface area contributed by atoms with E-state index in [1.165, 1.54) is 24.3 Å². The summed E-state index contributed by atoms with van der Waals surface area (Å²) >= 11 is 25.0. The molecule has 3 aromatic rings. The van der Waals surface area contributed by atoms with E-state index in [0.717, 1.165) is 11.8 Å². The van der Waals surface area contributed by atoms with Gasteiger partial charge in [-0.15, -0.1) is 11.8 Å². The molecular weight excluding hydrogens is 522 g/mol. The molecule has 0 radical (unpaired) electrons. The topological polar surface area (TPSA) is 75.3 Å². The maximum absolute atomic E-state index is 12.8. The van der Waals surface area contributed by atoms with Crippen molar-refractivity contribution in [3.63, 3.8) is 0 Å². The molecule has 0 atom stereocenters. The molecule has 1 amide bonds. The largest absolute Gasteiger partial charge is 0.324 e. The molecule has 0 heterocycles. The smallest absolute Gasteiger partial charge is 0.263 e. The lowest BCUT2D eigenvalue weighted by molar-refractivity contribution is -0.113. The number of hydrogen-bond acceptors (Lipinski definition) is 4. The first-order chi connectivity index (χ1) is 14.7. The van der Waals surface area contributed by atoms with Gasteiger partial charge in [0.2, 0.25) is 5.91 Å². The highest BCUT2D eigenvalue weighted by atomic mass is 35.5. The summed E-state index contributed by atoms with van der Waals surface area (Å²) in [6.45, 7) is 0. The van der Waals surface area contributed by atoms with Gasteiger partial charge in [0.25, 0.3) is 10.0 Å². The summed E-state index contributed by atoms with van der Waals surface area (Å²) in [5.74, 6) is -0.292. The van der Waals surface area contributed by atoms with Crippen molar-refractivity contribution in [3.05, 3.63) is 80.8 Å². The van der Waals surface area contributed by atoms with Crippen molar-refractivity contribution >= 4 is 85.5 Å². The second kappa shape index (κ2) is 10.3. The second-order valence-electron chi connectivity index (χ2n) is 6.14. The van der Waals surface area contributed by atoms with Gasteiger partial charge in [-0.25, -0.2) is 8.42 Å². The molecule has 3 rings (SSSR count). The predicted molar refractivity (Wildman–Crippen MR) is 130 cm³/mol. The first-order valence-electron chi connectivity index (χ1n) is 8.60. The van der Waals surface area contributed by atoms with Crippen molar-refractivity contribution < 1.29 is 13.2 Å². The molecule has 0 aromatic heterocycles. The molecule has 3 aromatic carbocycles. The number of halogens is 4. The van der Waals surface area contributed by atoms with Crippen LogP contribution in [0.5, 0.6) is 0 Å². The van der Waals surface area contributed by atoms with Gasteiger partial charge in [0, 0.05) is 14.9 Å². The van der Waals surface area contributed by atoms with Gasteiger partial charge in [-0.05, 0) is 48.5 Å².